The molecule has 92 heavy (non-hydrogen) atoms. The Labute approximate surface area is 537 Å². The van der Waals surface area contributed by atoms with E-state index in [2.05, 4.69) is 35.7 Å². The molecule has 0 aromatic rings. The summed E-state index contributed by atoms with van der Waals surface area (Å²) in [6.07, 6.45) is 0.503. The van der Waals surface area contributed by atoms with Crippen molar-refractivity contribution in [2.75, 3.05) is 46.1 Å². The van der Waals surface area contributed by atoms with E-state index >= 15 is 0 Å². The summed E-state index contributed by atoms with van der Waals surface area (Å²) in [4.78, 5) is 67.0. The smallest absolute Gasteiger partial charge is 0.462 e. The van der Waals surface area contributed by atoms with Gasteiger partial charge in [-0.05, 0) is 33.1 Å². The van der Waals surface area contributed by atoms with Gasteiger partial charge in [-0.3, -0.25) is 9.69 Å². The molecule has 2 bridgehead atoms. The predicted octanol–water partition coefficient (Wildman–Crippen LogP) is 1.96. The molecule has 28 nitrogen and oxygen atoms in total. The van der Waals surface area contributed by atoms with Crippen LogP contribution in [0.1, 0.15) is 79.1 Å². The summed E-state index contributed by atoms with van der Waals surface area (Å²) in [7, 11) is 0. The molecule has 28 heteroatoms. The highest BCUT2D eigenvalue weighted by atomic mass is 16.7. The average molecular weight is 1310 g/mol. The minimum absolute atomic E-state index is 0.190. The Hall–Kier alpha value is -6.61. The fraction of sp³-hybridized carbons (Fsp3) is 0.609. The third-order valence-electron chi connectivity index (χ3n) is 15.2. The number of nitrogens with zero attached hydrogens (tertiary/aromatic N) is 1. The van der Waals surface area contributed by atoms with Gasteiger partial charge in [-0.15, -0.1) is 0 Å². The third-order valence-corrected chi connectivity index (χ3v) is 15.2. The SMILES string of the molecule is C=CCOC(=O)N[C@@H]1[C@H](O)[C@H](O[C@H]2/C=C/C=C/C=C/C=C/C=C/C=C/C=C/[C@H](C)[C@@H](O)[C@@H](C)[C@H](C)OC(=O)C[C@H](O)C[C@H](O)CC[C@@H](O)[C@H](O)C[C@H](O)C[C@]3(O)C[C@H](OC(=O)OCC=C)[C@@H](NC(=O)NCCN(C(=O)OCC=C)C(CO)CO)[C@H](C2)O3)O[C@H](C)[C@H]1O. The van der Waals surface area contributed by atoms with Crippen molar-refractivity contribution in [3.63, 3.8) is 0 Å². The number of hydrogen-bond donors (Lipinski definition) is 14. The molecule has 0 aromatic carbocycles. The molecule has 3 aliphatic rings. The number of esters is 1. The van der Waals surface area contributed by atoms with E-state index in [1.165, 1.54) is 37.3 Å². The van der Waals surface area contributed by atoms with Crippen LogP contribution in [0.2, 0.25) is 0 Å². The molecule has 3 rings (SSSR count). The highest BCUT2D eigenvalue weighted by molar-refractivity contribution is 5.75. The first-order valence-corrected chi connectivity index (χ1v) is 30.6. The van der Waals surface area contributed by atoms with E-state index in [4.69, 9.17) is 37.9 Å². The van der Waals surface area contributed by atoms with Crippen molar-refractivity contribution in [2.45, 2.75) is 189 Å². The van der Waals surface area contributed by atoms with Gasteiger partial charge in [0.2, 0.25) is 0 Å². The first kappa shape index (κ1) is 79.6. The zero-order valence-corrected chi connectivity index (χ0v) is 52.7. The van der Waals surface area contributed by atoms with Gasteiger partial charge in [-0.25, -0.2) is 19.2 Å². The van der Waals surface area contributed by atoms with Gasteiger partial charge in [0.05, 0.1) is 92.7 Å². The van der Waals surface area contributed by atoms with Crippen molar-refractivity contribution >= 4 is 30.3 Å². The topological polar surface area (TPSA) is 421 Å². The Balaban J connectivity index is 2.17. The summed E-state index contributed by atoms with van der Waals surface area (Å²) in [5.74, 6) is -4.16. The second kappa shape index (κ2) is 42.6. The van der Waals surface area contributed by atoms with E-state index in [1.807, 2.05) is 6.92 Å². The number of urea groups is 1. The maximum Gasteiger partial charge on any atom is 0.508 e. The molecule has 0 saturated carbocycles. The van der Waals surface area contributed by atoms with E-state index in [9.17, 15) is 80.1 Å². The number of hydrogen-bond acceptors (Lipinski definition) is 24. The molecule has 19 atom stereocenters. The average Bonchev–Trinajstić information content (AvgIpc) is 0.795. The Kier molecular flexibility index (Phi) is 36.9. The molecule has 0 spiro atoms. The number of aliphatic hydroxyl groups is 11. The molecule has 0 unspecified atom stereocenters. The highest BCUT2D eigenvalue weighted by Gasteiger charge is 2.52. The first-order chi connectivity index (χ1) is 43.8. The van der Waals surface area contributed by atoms with Gasteiger partial charge in [-0.2, -0.15) is 0 Å². The van der Waals surface area contributed by atoms with Crippen molar-refractivity contribution in [3.05, 3.63) is 123 Å². The van der Waals surface area contributed by atoms with E-state index in [-0.39, 0.29) is 58.1 Å². The summed E-state index contributed by atoms with van der Waals surface area (Å²) >= 11 is 0. The lowest BCUT2D eigenvalue weighted by Gasteiger charge is -2.47. The molecule has 0 aliphatic carbocycles. The van der Waals surface area contributed by atoms with Crippen LogP contribution in [0.5, 0.6) is 0 Å². The first-order valence-electron chi connectivity index (χ1n) is 30.6. The van der Waals surface area contributed by atoms with E-state index < -0.39 is 191 Å². The number of fused-ring (bicyclic) bond motifs is 2. The highest BCUT2D eigenvalue weighted by Crippen LogP contribution is 2.37. The maximum absolute atomic E-state index is 14.1. The van der Waals surface area contributed by atoms with Crippen LogP contribution in [0.4, 0.5) is 19.2 Å². The Morgan fingerprint density at radius 1 is 0.674 bits per heavy atom. The molecular weight excluding hydrogens is 1210 g/mol. The lowest BCUT2D eigenvalue weighted by atomic mass is 9.86. The van der Waals surface area contributed by atoms with Crippen molar-refractivity contribution in [1.29, 1.82) is 0 Å². The Morgan fingerprint density at radius 3 is 1.87 bits per heavy atom. The lowest BCUT2D eigenvalue weighted by Crippen LogP contribution is -2.65. The number of ether oxygens (including phenoxy) is 8. The Bertz CT molecular complexity index is 2490. The molecule has 3 aliphatic heterocycles. The zero-order valence-electron chi connectivity index (χ0n) is 52.7. The van der Waals surface area contributed by atoms with E-state index in [1.54, 1.807) is 86.8 Å². The van der Waals surface area contributed by atoms with Gasteiger partial charge in [0.25, 0.3) is 0 Å². The molecule has 14 N–H and O–H groups in total. The number of alkyl carbamates (subject to hydrolysis) is 1. The minimum atomic E-state index is -2.55. The minimum Gasteiger partial charge on any atom is -0.462 e. The lowest BCUT2D eigenvalue weighted by molar-refractivity contribution is -0.303. The Morgan fingerprint density at radius 2 is 1.26 bits per heavy atom. The van der Waals surface area contributed by atoms with Crippen molar-refractivity contribution < 1.29 is 118 Å². The van der Waals surface area contributed by atoms with Gasteiger partial charge < -0.3 is 110 Å². The summed E-state index contributed by atoms with van der Waals surface area (Å²) in [6.45, 7) is 14.3. The molecule has 2 saturated heterocycles. The normalized spacial score (nSPS) is 35.1. The monoisotopic (exact) mass is 1310 g/mol. The van der Waals surface area contributed by atoms with Crippen LogP contribution in [-0.4, -0.2) is 247 Å². The van der Waals surface area contributed by atoms with Gasteiger partial charge in [0, 0.05) is 50.6 Å². The van der Waals surface area contributed by atoms with Crippen molar-refractivity contribution in [1.82, 2.24) is 20.9 Å². The number of rotatable bonds is 17. The summed E-state index contributed by atoms with van der Waals surface area (Å²) in [5, 5.41) is 129. The predicted molar refractivity (Wildman–Crippen MR) is 333 cm³/mol. The number of aliphatic hydroxyl groups excluding tert-OH is 10. The molecule has 3 heterocycles. The number of cyclic esters (lactones) is 1. The molecule has 0 aromatic heterocycles. The fourth-order valence-corrected chi connectivity index (χ4v) is 10.0. The summed E-state index contributed by atoms with van der Waals surface area (Å²) in [5.41, 5.74) is 0. The maximum atomic E-state index is 14.1. The molecule has 4 amide bonds. The van der Waals surface area contributed by atoms with Crippen LogP contribution >= 0.6 is 0 Å². The van der Waals surface area contributed by atoms with E-state index in [0.29, 0.717) is 0 Å². The largest absolute Gasteiger partial charge is 0.508 e. The second-order valence-electron chi connectivity index (χ2n) is 22.6. The fourth-order valence-electron chi connectivity index (χ4n) is 10.0. The number of carbonyl (C=O) groups excluding carboxylic acids is 5. The molecular formula is C64H98N4O24. The molecule has 0 radical (unpaired) electrons. The third kappa shape index (κ3) is 28.7. The number of nitrogens with one attached hydrogen (secondary N) is 3. The summed E-state index contributed by atoms with van der Waals surface area (Å²) < 4.78 is 45.3. The zero-order chi connectivity index (χ0) is 68.3. The van der Waals surface area contributed by atoms with Crippen LogP contribution in [0, 0.1) is 11.8 Å². The van der Waals surface area contributed by atoms with Crippen molar-refractivity contribution in [2.24, 2.45) is 11.8 Å². The number of amides is 4. The quantitative estimate of drug-likeness (QED) is 0.0562. The standard InChI is InChI=1S/C64H98N4O24/c1-8-29-85-61(81)67-55-57(78)43(7)89-59(58(55)79)90-48-24-22-20-18-16-14-12-11-13-15-17-19-21-23-40(4)56(77)41(5)42(6)88-53(76)34-46(72)32-45(71)25-26-49(74)50(75)33-47(73)36-64(84)37-52(91-63(83)87-31-10-3)54(51(35-48)92-64)66-60(80)65-27-28-68(44(38-69)39-70)62(82)86-30-9-2/h8-24,40-52,54-59,69-75,77-79,84H,1-3,25-39H2,4-7H3,(H,67,81)(H2,65,66,80)/b12-11+,15-13+,16-14+,19-17+,20-18+,23-21+,24-22+/t40-,41-,42-,43+,45+,46+,47-,48-,49+,50+,51-,52-,54-,55-,56+,57+,58-,59-,64+/m0/s1. The van der Waals surface area contributed by atoms with Crippen molar-refractivity contribution in [3.8, 4) is 0 Å². The van der Waals surface area contributed by atoms with Crippen LogP contribution in [0.25, 0.3) is 0 Å². The van der Waals surface area contributed by atoms with Gasteiger partial charge in [-0.1, -0.05) is 137 Å². The number of allylic oxidation sites excluding steroid dienone is 12. The van der Waals surface area contributed by atoms with Gasteiger partial charge >= 0.3 is 30.3 Å². The molecule has 518 valence electrons. The van der Waals surface area contributed by atoms with Crippen LogP contribution in [0.15, 0.2) is 123 Å². The second-order valence-corrected chi connectivity index (χ2v) is 22.6. The van der Waals surface area contributed by atoms with Gasteiger partial charge in [0.15, 0.2) is 12.1 Å². The number of carbonyl (C=O) groups is 5. The van der Waals surface area contributed by atoms with Gasteiger partial charge in [0.1, 0.15) is 44.2 Å². The van der Waals surface area contributed by atoms with Crippen LogP contribution in [0.3, 0.4) is 0 Å². The van der Waals surface area contributed by atoms with Crippen LogP contribution < -0.4 is 16.0 Å². The van der Waals surface area contributed by atoms with Crippen LogP contribution in [-0.2, 0) is 42.7 Å². The molecule has 2 fully saturated rings. The van der Waals surface area contributed by atoms with E-state index in [0.717, 1.165) is 4.90 Å². The summed E-state index contributed by atoms with van der Waals surface area (Å²) in [6, 6.07) is -5.11.